The minimum atomic E-state index is -0.175. The first-order chi connectivity index (χ1) is 10.0. The van der Waals surface area contributed by atoms with E-state index in [2.05, 4.69) is 31.1 Å². The average Bonchev–Trinajstić information content (AvgIpc) is 2.43. The molecular formula is C16H23ClN2O2. The molecule has 0 saturated carbocycles. The van der Waals surface area contributed by atoms with Gasteiger partial charge in [-0.1, -0.05) is 31.5 Å². The molecule has 4 nitrogen and oxygen atoms in total. The molecule has 0 atom stereocenters. The Balaban J connectivity index is 2.59. The number of carbonyl (C=O) groups is 1. The molecule has 0 saturated heterocycles. The number of ether oxygens (including phenoxy) is 1. The number of hydrogen-bond acceptors (Lipinski definition) is 3. The van der Waals surface area contributed by atoms with Crippen LogP contribution in [0.15, 0.2) is 30.9 Å². The van der Waals surface area contributed by atoms with Gasteiger partial charge in [-0.25, -0.2) is 0 Å². The van der Waals surface area contributed by atoms with Crippen LogP contribution in [-0.4, -0.2) is 25.6 Å². The van der Waals surface area contributed by atoms with Crippen molar-refractivity contribution >= 4 is 17.5 Å². The van der Waals surface area contributed by atoms with Crippen LogP contribution in [0.1, 0.15) is 19.4 Å². The zero-order valence-electron chi connectivity index (χ0n) is 12.6. The summed E-state index contributed by atoms with van der Waals surface area (Å²) in [6, 6.07) is 5.39. The highest BCUT2D eigenvalue weighted by molar-refractivity contribution is 6.30. The summed E-state index contributed by atoms with van der Waals surface area (Å²) in [5, 5.41) is 6.66. The fourth-order valence-corrected chi connectivity index (χ4v) is 1.90. The number of halogens is 1. The summed E-state index contributed by atoms with van der Waals surface area (Å²) < 4.78 is 5.56. The normalized spacial score (nSPS) is 10.5. The number of rotatable bonds is 9. The van der Waals surface area contributed by atoms with Gasteiger partial charge in [0.1, 0.15) is 5.75 Å². The molecule has 1 aromatic carbocycles. The van der Waals surface area contributed by atoms with E-state index >= 15 is 0 Å². The fourth-order valence-electron chi connectivity index (χ4n) is 1.70. The number of amides is 1. The summed E-state index contributed by atoms with van der Waals surface area (Å²) in [5.74, 6) is 1.06. The second kappa shape index (κ2) is 9.42. The van der Waals surface area contributed by atoms with Crippen LogP contribution in [-0.2, 0) is 11.3 Å². The predicted molar refractivity (Wildman–Crippen MR) is 86.7 cm³/mol. The molecule has 2 N–H and O–H groups in total. The Hall–Kier alpha value is -1.52. The number of nitrogens with one attached hydrogen (secondary N) is 2. The molecule has 0 aliphatic carbocycles. The number of hydrogen-bond donors (Lipinski definition) is 2. The van der Waals surface area contributed by atoms with Crippen molar-refractivity contribution < 1.29 is 9.53 Å². The van der Waals surface area contributed by atoms with Crippen LogP contribution in [0.25, 0.3) is 0 Å². The molecule has 0 aliphatic heterocycles. The lowest BCUT2D eigenvalue weighted by Gasteiger charge is -2.13. The van der Waals surface area contributed by atoms with Gasteiger partial charge in [0, 0.05) is 23.7 Å². The summed E-state index contributed by atoms with van der Waals surface area (Å²) in [6.45, 7) is 9.81. The van der Waals surface area contributed by atoms with Gasteiger partial charge in [-0.15, -0.1) is 6.58 Å². The molecule has 21 heavy (non-hydrogen) atoms. The maximum absolute atomic E-state index is 11.5. The molecule has 0 unspecified atom stereocenters. The van der Waals surface area contributed by atoms with Crippen LogP contribution in [0.2, 0.25) is 5.02 Å². The van der Waals surface area contributed by atoms with Crippen LogP contribution in [0.5, 0.6) is 5.75 Å². The van der Waals surface area contributed by atoms with Crippen LogP contribution in [0.3, 0.4) is 0 Å². The summed E-state index contributed by atoms with van der Waals surface area (Å²) in [5.41, 5.74) is 0.944. The highest BCUT2D eigenvalue weighted by Crippen LogP contribution is 2.22. The molecule has 0 aromatic heterocycles. The lowest BCUT2D eigenvalue weighted by molar-refractivity contribution is -0.122. The zero-order valence-corrected chi connectivity index (χ0v) is 13.4. The smallest absolute Gasteiger partial charge is 0.258 e. The van der Waals surface area contributed by atoms with Crippen molar-refractivity contribution in [3.05, 3.63) is 41.4 Å². The second-order valence-electron chi connectivity index (χ2n) is 5.16. The SMILES string of the molecule is C=CCNC(=O)COc1ccc(Cl)cc1CNCC(C)C. The van der Waals surface area contributed by atoms with E-state index in [9.17, 15) is 4.79 Å². The Bertz CT molecular complexity index is 475. The monoisotopic (exact) mass is 310 g/mol. The van der Waals surface area contributed by atoms with E-state index in [-0.39, 0.29) is 12.5 Å². The van der Waals surface area contributed by atoms with Crippen molar-refractivity contribution in [2.45, 2.75) is 20.4 Å². The molecule has 0 bridgehead atoms. The van der Waals surface area contributed by atoms with E-state index < -0.39 is 0 Å². The lowest BCUT2D eigenvalue weighted by Crippen LogP contribution is -2.29. The third-order valence-electron chi connectivity index (χ3n) is 2.69. The first kappa shape index (κ1) is 17.5. The van der Waals surface area contributed by atoms with Crippen molar-refractivity contribution in [1.82, 2.24) is 10.6 Å². The molecule has 0 spiro atoms. The van der Waals surface area contributed by atoms with Crippen molar-refractivity contribution in [2.24, 2.45) is 5.92 Å². The molecule has 1 amide bonds. The highest BCUT2D eigenvalue weighted by atomic mass is 35.5. The number of carbonyl (C=O) groups excluding carboxylic acids is 1. The van der Waals surface area contributed by atoms with E-state index in [1.54, 1.807) is 18.2 Å². The quantitative estimate of drug-likeness (QED) is 0.690. The van der Waals surface area contributed by atoms with E-state index in [0.717, 1.165) is 12.1 Å². The zero-order chi connectivity index (χ0) is 15.7. The standard InChI is InChI=1S/C16H23ClN2O2/c1-4-7-19-16(20)11-21-15-6-5-14(17)8-13(15)10-18-9-12(2)3/h4-6,8,12,18H,1,7,9-11H2,2-3H3,(H,19,20). The Morgan fingerprint density at radius 3 is 2.90 bits per heavy atom. The van der Waals surface area contributed by atoms with Crippen LogP contribution >= 0.6 is 11.6 Å². The van der Waals surface area contributed by atoms with Crippen molar-refractivity contribution in [1.29, 1.82) is 0 Å². The highest BCUT2D eigenvalue weighted by Gasteiger charge is 2.07. The molecule has 1 aromatic rings. The van der Waals surface area contributed by atoms with Gasteiger partial charge in [-0.3, -0.25) is 4.79 Å². The maximum Gasteiger partial charge on any atom is 0.258 e. The summed E-state index contributed by atoms with van der Waals surface area (Å²) in [7, 11) is 0. The van der Waals surface area contributed by atoms with Crippen LogP contribution in [0.4, 0.5) is 0 Å². The minimum absolute atomic E-state index is 0.0212. The molecule has 0 radical (unpaired) electrons. The van der Waals surface area contributed by atoms with Crippen LogP contribution < -0.4 is 15.4 Å². The maximum atomic E-state index is 11.5. The average molecular weight is 311 g/mol. The lowest BCUT2D eigenvalue weighted by atomic mass is 10.2. The van der Waals surface area contributed by atoms with Gasteiger partial charge in [0.2, 0.25) is 0 Å². The molecule has 0 fully saturated rings. The summed E-state index contributed by atoms with van der Waals surface area (Å²) >= 11 is 6.02. The van der Waals surface area contributed by atoms with Gasteiger partial charge < -0.3 is 15.4 Å². The Labute approximate surface area is 131 Å². The van der Waals surface area contributed by atoms with Crippen molar-refractivity contribution in [3.8, 4) is 5.75 Å². The number of benzene rings is 1. The molecule has 0 heterocycles. The Morgan fingerprint density at radius 2 is 2.24 bits per heavy atom. The molecule has 5 heteroatoms. The molecular weight excluding hydrogens is 288 g/mol. The molecule has 116 valence electrons. The van der Waals surface area contributed by atoms with Gasteiger partial charge in [0.25, 0.3) is 5.91 Å². The van der Waals surface area contributed by atoms with Gasteiger partial charge in [0.15, 0.2) is 6.61 Å². The predicted octanol–water partition coefficient (Wildman–Crippen LogP) is 2.77. The topological polar surface area (TPSA) is 50.4 Å². The van der Waals surface area contributed by atoms with Gasteiger partial charge in [-0.2, -0.15) is 0 Å². The van der Waals surface area contributed by atoms with E-state index in [1.165, 1.54) is 0 Å². The van der Waals surface area contributed by atoms with E-state index in [0.29, 0.717) is 29.8 Å². The first-order valence-corrected chi connectivity index (χ1v) is 7.40. The third kappa shape index (κ3) is 7.16. The van der Waals surface area contributed by atoms with Gasteiger partial charge in [-0.05, 0) is 30.7 Å². The Morgan fingerprint density at radius 1 is 1.48 bits per heavy atom. The van der Waals surface area contributed by atoms with Gasteiger partial charge in [0.05, 0.1) is 0 Å². The summed E-state index contributed by atoms with van der Waals surface area (Å²) in [6.07, 6.45) is 1.63. The fraction of sp³-hybridized carbons (Fsp3) is 0.438. The minimum Gasteiger partial charge on any atom is -0.483 e. The molecule has 1 rings (SSSR count). The first-order valence-electron chi connectivity index (χ1n) is 7.02. The summed E-state index contributed by atoms with van der Waals surface area (Å²) in [4.78, 5) is 11.5. The van der Waals surface area contributed by atoms with E-state index in [4.69, 9.17) is 16.3 Å². The van der Waals surface area contributed by atoms with Gasteiger partial charge >= 0.3 is 0 Å². The Kier molecular flexibility index (Phi) is 7.87. The molecule has 0 aliphatic rings. The third-order valence-corrected chi connectivity index (χ3v) is 2.93. The van der Waals surface area contributed by atoms with Crippen molar-refractivity contribution in [2.75, 3.05) is 19.7 Å². The largest absolute Gasteiger partial charge is 0.483 e. The van der Waals surface area contributed by atoms with Crippen molar-refractivity contribution in [3.63, 3.8) is 0 Å². The second-order valence-corrected chi connectivity index (χ2v) is 5.59. The van der Waals surface area contributed by atoms with E-state index in [1.807, 2.05) is 6.07 Å². The van der Waals surface area contributed by atoms with Crippen LogP contribution in [0, 0.1) is 5.92 Å².